The number of ether oxygens (including phenoxy) is 1. The van der Waals surface area contributed by atoms with Crippen LogP contribution in [0.25, 0.3) is 22.2 Å². The second-order valence-corrected chi connectivity index (χ2v) is 10.1. The Labute approximate surface area is 227 Å². The molecule has 10 heteroatoms. The van der Waals surface area contributed by atoms with Crippen molar-refractivity contribution in [3.8, 4) is 11.3 Å². The molecule has 204 valence electrons. The van der Waals surface area contributed by atoms with E-state index in [1.165, 1.54) is 0 Å². The molecule has 1 aromatic carbocycles. The average molecular weight is 530 g/mol. The molecular formula is C29H35N7O3. The van der Waals surface area contributed by atoms with Gasteiger partial charge in [-0.05, 0) is 56.5 Å². The molecule has 4 heterocycles. The summed E-state index contributed by atoms with van der Waals surface area (Å²) in [4.78, 5) is 40.2. The largest absolute Gasteiger partial charge is 0.378 e. The molecule has 0 unspecified atom stereocenters. The number of nitrogens with one attached hydrogen (secondary N) is 2. The number of H-pyrrole nitrogens is 1. The van der Waals surface area contributed by atoms with Crippen molar-refractivity contribution in [3.05, 3.63) is 68.8 Å². The summed E-state index contributed by atoms with van der Waals surface area (Å²) in [5.41, 5.74) is 12.0. The fourth-order valence-corrected chi connectivity index (χ4v) is 5.31. The highest BCUT2D eigenvalue weighted by atomic mass is 16.5. The molecule has 5 rings (SSSR count). The molecule has 4 aromatic rings. The zero-order chi connectivity index (χ0) is 27.7. The Balaban J connectivity index is 1.58. The van der Waals surface area contributed by atoms with E-state index in [4.69, 9.17) is 10.5 Å². The lowest BCUT2D eigenvalue weighted by Gasteiger charge is -2.28. The van der Waals surface area contributed by atoms with Gasteiger partial charge in [0.25, 0.3) is 11.5 Å². The second kappa shape index (κ2) is 10.9. The molecule has 3 aromatic heterocycles. The summed E-state index contributed by atoms with van der Waals surface area (Å²) in [5.74, 6) is 0.657. The Morgan fingerprint density at radius 3 is 2.59 bits per heavy atom. The van der Waals surface area contributed by atoms with Crippen molar-refractivity contribution >= 4 is 28.6 Å². The molecule has 0 saturated carbocycles. The highest BCUT2D eigenvalue weighted by Gasteiger charge is 2.21. The minimum absolute atomic E-state index is 0.127. The molecule has 1 aliphatic heterocycles. The minimum atomic E-state index is -0.256. The summed E-state index contributed by atoms with van der Waals surface area (Å²) >= 11 is 0. The van der Waals surface area contributed by atoms with Gasteiger partial charge in [0.2, 0.25) is 5.95 Å². The molecule has 0 atom stereocenters. The van der Waals surface area contributed by atoms with Gasteiger partial charge >= 0.3 is 0 Å². The van der Waals surface area contributed by atoms with Crippen molar-refractivity contribution in [1.82, 2.24) is 24.8 Å². The van der Waals surface area contributed by atoms with Gasteiger partial charge in [-0.15, -0.1) is 0 Å². The number of hydrogen-bond donors (Lipinski definition) is 3. The monoisotopic (exact) mass is 529 g/mol. The fourth-order valence-electron chi connectivity index (χ4n) is 5.31. The minimum Gasteiger partial charge on any atom is -0.378 e. The number of benzene rings is 1. The standard InChI is InChI=1S/C29H35N7O3/c1-5-6-36-16-18(3)26-21(27(37)31-15-22-17(2)11-19(4)32-28(22)38)12-20(13-24(26)36)23-14-25(34-29(30)33-23)35-7-9-39-10-8-35/h11-14,16H,5-10,15H2,1-4H3,(H,31,37)(H,32,38)(H2,30,33,34). The Morgan fingerprint density at radius 1 is 1.10 bits per heavy atom. The number of hydrogen-bond acceptors (Lipinski definition) is 7. The molecule has 0 radical (unpaired) electrons. The van der Waals surface area contributed by atoms with Crippen LogP contribution in [0.2, 0.25) is 0 Å². The molecule has 0 spiro atoms. The zero-order valence-corrected chi connectivity index (χ0v) is 22.9. The third kappa shape index (κ3) is 5.37. The zero-order valence-electron chi connectivity index (χ0n) is 22.9. The van der Waals surface area contributed by atoms with Gasteiger partial charge in [0.15, 0.2) is 0 Å². The van der Waals surface area contributed by atoms with Crippen molar-refractivity contribution in [3.63, 3.8) is 0 Å². The molecular weight excluding hydrogens is 494 g/mol. The average Bonchev–Trinajstić information content (AvgIpc) is 3.22. The number of morpholine rings is 1. The second-order valence-electron chi connectivity index (χ2n) is 10.1. The summed E-state index contributed by atoms with van der Waals surface area (Å²) in [7, 11) is 0. The molecule has 10 nitrogen and oxygen atoms in total. The van der Waals surface area contributed by atoms with Crippen LogP contribution in [0.1, 0.15) is 46.1 Å². The Hall–Kier alpha value is -4.18. The van der Waals surface area contributed by atoms with Crippen molar-refractivity contribution < 1.29 is 9.53 Å². The molecule has 1 fully saturated rings. The van der Waals surface area contributed by atoms with E-state index in [9.17, 15) is 9.59 Å². The van der Waals surface area contributed by atoms with E-state index in [1.807, 2.05) is 39.0 Å². The van der Waals surface area contributed by atoms with Crippen LogP contribution in [0.15, 0.2) is 35.3 Å². The number of anilines is 2. The van der Waals surface area contributed by atoms with E-state index in [2.05, 4.69) is 48.9 Å². The maximum atomic E-state index is 13.7. The van der Waals surface area contributed by atoms with Gasteiger partial charge in [0.05, 0.1) is 18.9 Å². The van der Waals surface area contributed by atoms with Crippen LogP contribution in [-0.2, 0) is 17.8 Å². The first kappa shape index (κ1) is 26.4. The van der Waals surface area contributed by atoms with Gasteiger partial charge in [-0.1, -0.05) is 6.92 Å². The molecule has 1 saturated heterocycles. The lowest BCUT2D eigenvalue weighted by Crippen LogP contribution is -2.36. The topological polar surface area (TPSA) is 131 Å². The van der Waals surface area contributed by atoms with E-state index in [0.29, 0.717) is 30.0 Å². The van der Waals surface area contributed by atoms with Crippen molar-refractivity contribution in [2.75, 3.05) is 36.9 Å². The number of aromatic amines is 1. The number of carbonyl (C=O) groups excluding carboxylic acids is 1. The SMILES string of the molecule is CCCn1cc(C)c2c(C(=O)NCc3c(C)cc(C)[nH]c3=O)cc(-c3cc(N4CCOCC4)nc(N)n3)cc21. The predicted octanol–water partition coefficient (Wildman–Crippen LogP) is 3.47. The number of nitrogens with two attached hydrogens (primary N) is 1. The van der Waals surface area contributed by atoms with E-state index in [-0.39, 0.29) is 24.0 Å². The Kier molecular flexibility index (Phi) is 7.38. The highest BCUT2D eigenvalue weighted by Crippen LogP contribution is 2.32. The molecule has 1 amide bonds. The summed E-state index contributed by atoms with van der Waals surface area (Å²) < 4.78 is 7.66. The van der Waals surface area contributed by atoms with Crippen molar-refractivity contribution in [2.45, 2.75) is 47.2 Å². The first-order valence-corrected chi connectivity index (χ1v) is 13.3. The first-order chi connectivity index (χ1) is 18.7. The molecule has 4 N–H and O–H groups in total. The first-order valence-electron chi connectivity index (χ1n) is 13.3. The Bertz CT molecular complexity index is 1600. The number of aromatic nitrogens is 4. The maximum Gasteiger partial charge on any atom is 0.253 e. The van der Waals surface area contributed by atoms with Gasteiger partial charge in [-0.3, -0.25) is 9.59 Å². The van der Waals surface area contributed by atoms with Crippen LogP contribution in [-0.4, -0.2) is 51.7 Å². The number of nitrogens with zero attached hydrogens (tertiary/aromatic N) is 4. The van der Waals surface area contributed by atoms with Gasteiger partial charge in [0.1, 0.15) is 5.82 Å². The van der Waals surface area contributed by atoms with E-state index in [1.54, 1.807) is 0 Å². The number of rotatable bonds is 7. The molecule has 39 heavy (non-hydrogen) atoms. The quantitative estimate of drug-likeness (QED) is 0.334. The van der Waals surface area contributed by atoms with Crippen LogP contribution in [0.3, 0.4) is 0 Å². The van der Waals surface area contributed by atoms with Gasteiger partial charge in [0, 0.05) is 71.7 Å². The number of aryl methyl sites for hydroxylation is 4. The third-order valence-corrected chi connectivity index (χ3v) is 7.16. The van der Waals surface area contributed by atoms with Crippen LogP contribution in [0.5, 0.6) is 0 Å². The molecule has 0 aliphatic carbocycles. The fraction of sp³-hybridized carbons (Fsp3) is 0.379. The van der Waals surface area contributed by atoms with Crippen LogP contribution >= 0.6 is 0 Å². The normalized spacial score (nSPS) is 13.7. The number of carbonyl (C=O) groups is 1. The maximum absolute atomic E-state index is 13.7. The number of amides is 1. The van der Waals surface area contributed by atoms with Crippen molar-refractivity contribution in [2.24, 2.45) is 0 Å². The number of nitrogen functional groups attached to an aromatic ring is 1. The number of pyridine rings is 1. The predicted molar refractivity (Wildman–Crippen MR) is 153 cm³/mol. The lowest BCUT2D eigenvalue weighted by atomic mass is 10.00. The van der Waals surface area contributed by atoms with Crippen LogP contribution < -0.4 is 21.5 Å². The van der Waals surface area contributed by atoms with E-state index < -0.39 is 0 Å². The summed E-state index contributed by atoms with van der Waals surface area (Å²) in [6, 6.07) is 7.74. The summed E-state index contributed by atoms with van der Waals surface area (Å²) in [6.45, 7) is 11.5. The number of fused-ring (bicyclic) bond motifs is 1. The van der Waals surface area contributed by atoms with Gasteiger partial charge in [-0.2, -0.15) is 4.98 Å². The molecule has 1 aliphatic rings. The highest BCUT2D eigenvalue weighted by molar-refractivity contribution is 6.09. The van der Waals surface area contributed by atoms with Gasteiger partial charge < -0.3 is 30.2 Å². The smallest absolute Gasteiger partial charge is 0.253 e. The summed E-state index contributed by atoms with van der Waals surface area (Å²) in [6.07, 6.45) is 3.03. The lowest BCUT2D eigenvalue weighted by molar-refractivity contribution is 0.0952. The van der Waals surface area contributed by atoms with E-state index in [0.717, 1.165) is 65.2 Å². The van der Waals surface area contributed by atoms with Crippen LogP contribution in [0, 0.1) is 20.8 Å². The third-order valence-electron chi connectivity index (χ3n) is 7.16. The molecule has 0 bridgehead atoms. The van der Waals surface area contributed by atoms with Crippen molar-refractivity contribution in [1.29, 1.82) is 0 Å². The van der Waals surface area contributed by atoms with E-state index >= 15 is 0 Å². The van der Waals surface area contributed by atoms with Gasteiger partial charge in [-0.25, -0.2) is 4.98 Å². The van der Waals surface area contributed by atoms with Crippen LogP contribution in [0.4, 0.5) is 11.8 Å². The Morgan fingerprint density at radius 2 is 1.87 bits per heavy atom. The summed E-state index contributed by atoms with van der Waals surface area (Å²) in [5, 5.41) is 3.87.